The number of nitrogens with one attached hydrogen (secondary N) is 1. The summed E-state index contributed by atoms with van der Waals surface area (Å²) in [5.74, 6) is 1.94. The van der Waals surface area contributed by atoms with E-state index in [2.05, 4.69) is 20.2 Å². The third kappa shape index (κ3) is 3.56. The summed E-state index contributed by atoms with van der Waals surface area (Å²) in [5, 5.41) is 12.0. The second kappa shape index (κ2) is 5.86. The van der Waals surface area contributed by atoms with E-state index < -0.39 is 5.97 Å². The summed E-state index contributed by atoms with van der Waals surface area (Å²) in [5.41, 5.74) is 0. The van der Waals surface area contributed by atoms with Gasteiger partial charge in [-0.25, -0.2) is 9.97 Å². The van der Waals surface area contributed by atoms with Gasteiger partial charge >= 0.3 is 5.97 Å². The summed E-state index contributed by atoms with van der Waals surface area (Å²) in [7, 11) is 0. The smallest absolute Gasteiger partial charge is 0.303 e. The van der Waals surface area contributed by atoms with Crippen molar-refractivity contribution in [2.45, 2.75) is 26.7 Å². The number of nitrogens with zero attached hydrogens (tertiary/aromatic N) is 3. The summed E-state index contributed by atoms with van der Waals surface area (Å²) < 4.78 is 0. The topological polar surface area (TPSA) is 78.4 Å². The Labute approximate surface area is 112 Å². The molecule has 1 aromatic rings. The minimum Gasteiger partial charge on any atom is -0.481 e. The van der Waals surface area contributed by atoms with Gasteiger partial charge in [0.15, 0.2) is 0 Å². The van der Waals surface area contributed by atoms with Crippen molar-refractivity contribution in [3.63, 3.8) is 0 Å². The molecule has 0 bridgehead atoms. The van der Waals surface area contributed by atoms with E-state index in [-0.39, 0.29) is 12.3 Å². The molecule has 1 unspecified atom stereocenters. The third-order valence-electron chi connectivity index (χ3n) is 3.26. The molecule has 2 N–H and O–H groups in total. The molecule has 1 aromatic heterocycles. The Morgan fingerprint density at radius 3 is 3.05 bits per heavy atom. The van der Waals surface area contributed by atoms with E-state index in [4.69, 9.17) is 5.11 Å². The second-order valence-electron chi connectivity index (χ2n) is 4.89. The molecule has 1 fully saturated rings. The average Bonchev–Trinajstić information content (AvgIpc) is 2.76. The molecule has 0 saturated carbocycles. The fraction of sp³-hybridized carbons (Fsp3) is 0.615. The summed E-state index contributed by atoms with van der Waals surface area (Å²) >= 11 is 0. The van der Waals surface area contributed by atoms with Crippen molar-refractivity contribution >= 4 is 17.6 Å². The molecule has 6 heteroatoms. The minimum absolute atomic E-state index is 0.218. The van der Waals surface area contributed by atoms with Crippen LogP contribution in [0.4, 0.5) is 11.6 Å². The van der Waals surface area contributed by atoms with Gasteiger partial charge in [0.2, 0.25) is 0 Å². The van der Waals surface area contributed by atoms with E-state index in [0.717, 1.165) is 43.5 Å². The number of carbonyl (C=O) groups is 1. The van der Waals surface area contributed by atoms with Crippen LogP contribution < -0.4 is 10.2 Å². The Kier molecular flexibility index (Phi) is 4.19. The minimum atomic E-state index is -0.723. The number of aromatic nitrogens is 2. The molecule has 2 heterocycles. The van der Waals surface area contributed by atoms with Crippen LogP contribution in [0.5, 0.6) is 0 Å². The van der Waals surface area contributed by atoms with Gasteiger partial charge < -0.3 is 15.3 Å². The van der Waals surface area contributed by atoms with Crippen LogP contribution in [0.1, 0.15) is 25.6 Å². The van der Waals surface area contributed by atoms with Crippen molar-refractivity contribution in [2.24, 2.45) is 5.92 Å². The highest BCUT2D eigenvalue weighted by Gasteiger charge is 2.25. The van der Waals surface area contributed by atoms with Crippen molar-refractivity contribution in [1.82, 2.24) is 9.97 Å². The highest BCUT2D eigenvalue weighted by Crippen LogP contribution is 2.25. The zero-order valence-electron chi connectivity index (χ0n) is 11.4. The monoisotopic (exact) mass is 264 g/mol. The Morgan fingerprint density at radius 1 is 1.58 bits per heavy atom. The third-order valence-corrected chi connectivity index (χ3v) is 3.26. The van der Waals surface area contributed by atoms with Crippen LogP contribution in [0, 0.1) is 12.8 Å². The standard InChI is InChI=1S/C13H20N4O2/c1-3-14-11-7-12(16-9(2)15-11)17-5-4-10(8-17)6-13(18)19/h7,10H,3-6,8H2,1-2H3,(H,18,19)(H,14,15,16). The lowest BCUT2D eigenvalue weighted by atomic mass is 10.1. The van der Waals surface area contributed by atoms with Crippen molar-refractivity contribution in [3.8, 4) is 0 Å². The molecular weight excluding hydrogens is 244 g/mol. The highest BCUT2D eigenvalue weighted by molar-refractivity contribution is 5.67. The summed E-state index contributed by atoms with van der Waals surface area (Å²) in [6, 6.07) is 1.93. The first kappa shape index (κ1) is 13.6. The van der Waals surface area contributed by atoms with Crippen LogP contribution in [0.15, 0.2) is 6.07 Å². The van der Waals surface area contributed by atoms with E-state index in [1.54, 1.807) is 0 Å². The number of anilines is 2. The quantitative estimate of drug-likeness (QED) is 0.839. The van der Waals surface area contributed by atoms with E-state index in [1.807, 2.05) is 19.9 Å². The van der Waals surface area contributed by atoms with Crippen molar-refractivity contribution in [1.29, 1.82) is 0 Å². The summed E-state index contributed by atoms with van der Waals surface area (Å²) in [4.78, 5) is 21.6. The lowest BCUT2D eigenvalue weighted by molar-refractivity contribution is -0.137. The molecular formula is C13H20N4O2. The van der Waals surface area contributed by atoms with E-state index >= 15 is 0 Å². The Morgan fingerprint density at radius 2 is 2.37 bits per heavy atom. The fourth-order valence-corrected chi connectivity index (χ4v) is 2.44. The number of hydrogen-bond donors (Lipinski definition) is 2. The maximum absolute atomic E-state index is 10.7. The number of carboxylic acid groups (broad SMARTS) is 1. The van der Waals surface area contributed by atoms with Gasteiger partial charge in [-0.05, 0) is 26.2 Å². The lowest BCUT2D eigenvalue weighted by Gasteiger charge is -2.18. The van der Waals surface area contributed by atoms with E-state index in [0.29, 0.717) is 0 Å². The maximum atomic E-state index is 10.7. The molecule has 0 spiro atoms. The molecule has 0 aromatic carbocycles. The maximum Gasteiger partial charge on any atom is 0.303 e. The number of carboxylic acids is 1. The number of aryl methyl sites for hydroxylation is 1. The van der Waals surface area contributed by atoms with Gasteiger partial charge in [-0.3, -0.25) is 4.79 Å². The first-order chi connectivity index (χ1) is 9.08. The van der Waals surface area contributed by atoms with E-state index in [9.17, 15) is 4.79 Å². The largest absolute Gasteiger partial charge is 0.481 e. The first-order valence-corrected chi connectivity index (χ1v) is 6.64. The molecule has 0 amide bonds. The van der Waals surface area contributed by atoms with Crippen LogP contribution in [0.2, 0.25) is 0 Å². The van der Waals surface area contributed by atoms with Crippen LogP contribution in [0.3, 0.4) is 0 Å². The van der Waals surface area contributed by atoms with Crippen molar-refractivity contribution < 1.29 is 9.90 Å². The Bertz CT molecular complexity index is 464. The molecule has 0 radical (unpaired) electrons. The number of rotatable bonds is 5. The van der Waals surface area contributed by atoms with Gasteiger partial charge in [-0.1, -0.05) is 0 Å². The summed E-state index contributed by atoms with van der Waals surface area (Å²) in [6.45, 7) is 6.33. The molecule has 2 rings (SSSR count). The zero-order valence-corrected chi connectivity index (χ0v) is 11.4. The Hall–Kier alpha value is -1.85. The van der Waals surface area contributed by atoms with Gasteiger partial charge in [0.25, 0.3) is 0 Å². The van der Waals surface area contributed by atoms with Crippen molar-refractivity contribution in [2.75, 3.05) is 29.9 Å². The molecule has 1 saturated heterocycles. The van der Waals surface area contributed by atoms with Crippen molar-refractivity contribution in [3.05, 3.63) is 11.9 Å². The van der Waals surface area contributed by atoms with E-state index in [1.165, 1.54) is 0 Å². The first-order valence-electron chi connectivity index (χ1n) is 6.64. The van der Waals surface area contributed by atoms with Gasteiger partial charge in [0, 0.05) is 32.1 Å². The van der Waals surface area contributed by atoms with Gasteiger partial charge in [-0.15, -0.1) is 0 Å². The van der Waals surface area contributed by atoms with Gasteiger partial charge in [0.05, 0.1) is 0 Å². The van der Waals surface area contributed by atoms with Gasteiger partial charge in [0.1, 0.15) is 17.5 Å². The predicted molar refractivity (Wildman–Crippen MR) is 73.5 cm³/mol. The molecule has 1 atom stereocenters. The normalized spacial score (nSPS) is 18.6. The molecule has 1 aliphatic rings. The molecule has 19 heavy (non-hydrogen) atoms. The molecule has 104 valence electrons. The Balaban J connectivity index is 2.08. The van der Waals surface area contributed by atoms with Gasteiger partial charge in [-0.2, -0.15) is 0 Å². The van der Waals surface area contributed by atoms with Crippen LogP contribution in [0.25, 0.3) is 0 Å². The second-order valence-corrected chi connectivity index (χ2v) is 4.89. The SMILES string of the molecule is CCNc1cc(N2CCC(CC(=O)O)C2)nc(C)n1. The zero-order chi connectivity index (χ0) is 13.8. The molecule has 0 aliphatic carbocycles. The van der Waals surface area contributed by atoms with Crippen LogP contribution in [-0.4, -0.2) is 40.7 Å². The number of aliphatic carboxylic acids is 1. The molecule has 6 nitrogen and oxygen atoms in total. The van der Waals surface area contributed by atoms with Crippen LogP contribution in [-0.2, 0) is 4.79 Å². The average molecular weight is 264 g/mol. The predicted octanol–water partition coefficient (Wildman–Crippen LogP) is 1.52. The lowest BCUT2D eigenvalue weighted by Crippen LogP contribution is -2.22. The highest BCUT2D eigenvalue weighted by atomic mass is 16.4. The summed E-state index contributed by atoms with van der Waals surface area (Å²) in [6.07, 6.45) is 1.15. The van der Waals surface area contributed by atoms with Crippen LogP contribution >= 0.6 is 0 Å². The fourth-order valence-electron chi connectivity index (χ4n) is 2.44. The molecule has 1 aliphatic heterocycles. The number of hydrogen-bond acceptors (Lipinski definition) is 5.